The van der Waals surface area contributed by atoms with Crippen molar-refractivity contribution in [3.63, 3.8) is 0 Å². The zero-order valence-corrected chi connectivity index (χ0v) is 10.4. The molecule has 2 aromatic rings. The number of carbonyl (C=O) groups is 1. The van der Waals surface area contributed by atoms with Crippen molar-refractivity contribution >= 4 is 17.6 Å². The van der Waals surface area contributed by atoms with E-state index in [0.717, 1.165) is 5.75 Å². The van der Waals surface area contributed by atoms with Gasteiger partial charge in [0.25, 0.3) is 0 Å². The summed E-state index contributed by atoms with van der Waals surface area (Å²) in [6.45, 7) is 10.1. The average Bonchev–Trinajstić information content (AvgIpc) is 2.42. The van der Waals surface area contributed by atoms with Crippen LogP contribution in [0.2, 0.25) is 0 Å². The summed E-state index contributed by atoms with van der Waals surface area (Å²) in [5.74, 6) is 0.915. The van der Waals surface area contributed by atoms with E-state index in [1.54, 1.807) is 7.11 Å². The summed E-state index contributed by atoms with van der Waals surface area (Å²) < 4.78 is 5.16. The van der Waals surface area contributed by atoms with E-state index in [9.17, 15) is 0 Å². The smallest absolute Gasteiger partial charge is 0.119 e. The van der Waals surface area contributed by atoms with Crippen molar-refractivity contribution in [1.29, 1.82) is 0 Å². The minimum absolute atomic E-state index is 0.915. The van der Waals surface area contributed by atoms with Gasteiger partial charge in [-0.05, 0) is 29.8 Å². The minimum Gasteiger partial charge on any atom is -0.497 e. The Morgan fingerprint density at radius 1 is 0.941 bits per heavy atom. The molecule has 0 saturated heterocycles. The summed E-state index contributed by atoms with van der Waals surface area (Å²) in [6, 6.07) is 12.5. The molecule has 2 heteroatoms. The molecule has 17 heavy (non-hydrogen) atoms. The molecule has 0 aliphatic heterocycles. The Labute approximate surface area is 103 Å². The van der Waals surface area contributed by atoms with Crippen LogP contribution in [0.25, 0.3) is 10.8 Å². The van der Waals surface area contributed by atoms with Gasteiger partial charge >= 0.3 is 0 Å². The zero-order chi connectivity index (χ0) is 13.3. The molecule has 90 valence electrons. The maximum Gasteiger partial charge on any atom is 0.119 e. The highest BCUT2D eigenvalue weighted by molar-refractivity contribution is 5.84. The van der Waals surface area contributed by atoms with Crippen LogP contribution in [0.4, 0.5) is 0 Å². The molecule has 0 unspecified atom stereocenters. The van der Waals surface area contributed by atoms with Gasteiger partial charge < -0.3 is 9.53 Å². The molecule has 0 atom stereocenters. The number of benzene rings is 2. The van der Waals surface area contributed by atoms with Crippen molar-refractivity contribution in [3.8, 4) is 5.75 Å². The van der Waals surface area contributed by atoms with Gasteiger partial charge in [-0.2, -0.15) is 0 Å². The maximum atomic E-state index is 8.00. The summed E-state index contributed by atoms with van der Waals surface area (Å²) in [6.07, 6.45) is 0. The molecule has 0 N–H and O–H groups in total. The van der Waals surface area contributed by atoms with E-state index in [4.69, 9.17) is 9.53 Å². The Balaban J connectivity index is 0.000000581. The van der Waals surface area contributed by atoms with Gasteiger partial charge in [0.2, 0.25) is 0 Å². The number of fused-ring (bicyclic) bond motifs is 1. The van der Waals surface area contributed by atoms with Crippen molar-refractivity contribution in [2.45, 2.75) is 6.92 Å². The van der Waals surface area contributed by atoms with Gasteiger partial charge in [-0.3, -0.25) is 0 Å². The number of methoxy groups -OCH3 is 1. The Morgan fingerprint density at radius 3 is 2.12 bits per heavy atom. The van der Waals surface area contributed by atoms with E-state index in [2.05, 4.69) is 50.4 Å². The molecular formula is C15H18O2. The molecule has 2 aromatic carbocycles. The second-order valence-electron chi connectivity index (χ2n) is 3.22. The zero-order valence-electron chi connectivity index (χ0n) is 10.4. The summed E-state index contributed by atoms with van der Waals surface area (Å²) in [5.41, 5.74) is 1.28. The van der Waals surface area contributed by atoms with E-state index in [-0.39, 0.29) is 0 Å². The summed E-state index contributed by atoms with van der Waals surface area (Å²) in [7, 11) is 1.69. The fraction of sp³-hybridized carbons (Fsp3) is 0.133. The highest BCUT2D eigenvalue weighted by Gasteiger charge is 1.95. The summed E-state index contributed by atoms with van der Waals surface area (Å²) >= 11 is 0. The Morgan fingerprint density at radius 2 is 1.53 bits per heavy atom. The van der Waals surface area contributed by atoms with Crippen molar-refractivity contribution < 1.29 is 9.53 Å². The summed E-state index contributed by atoms with van der Waals surface area (Å²) in [5, 5.41) is 2.49. The molecule has 0 radical (unpaired) electrons. The van der Waals surface area contributed by atoms with Gasteiger partial charge in [0.05, 0.1) is 7.11 Å². The van der Waals surface area contributed by atoms with Crippen molar-refractivity contribution in [2.24, 2.45) is 0 Å². The molecule has 0 heterocycles. The molecule has 0 aliphatic rings. The molecular weight excluding hydrogens is 212 g/mol. The number of hydrogen-bond donors (Lipinski definition) is 0. The SMILES string of the molecule is C=C.C=O.COc1ccc2ccc(C)cc2c1. The fourth-order valence-corrected chi connectivity index (χ4v) is 1.47. The Bertz CT molecular complexity index is 461. The lowest BCUT2D eigenvalue weighted by atomic mass is 10.1. The minimum atomic E-state index is 0.915. The largest absolute Gasteiger partial charge is 0.497 e. The third kappa shape index (κ3) is 4.11. The first-order valence-electron chi connectivity index (χ1n) is 5.13. The molecule has 0 spiro atoms. The third-order valence-electron chi connectivity index (χ3n) is 2.20. The predicted molar refractivity (Wildman–Crippen MR) is 73.6 cm³/mol. The number of rotatable bonds is 1. The fourth-order valence-electron chi connectivity index (χ4n) is 1.47. The van der Waals surface area contributed by atoms with Crippen LogP contribution in [0.3, 0.4) is 0 Å². The number of ether oxygens (including phenoxy) is 1. The van der Waals surface area contributed by atoms with Crippen LogP contribution in [0.1, 0.15) is 5.56 Å². The van der Waals surface area contributed by atoms with Crippen LogP contribution < -0.4 is 4.74 Å². The lowest BCUT2D eigenvalue weighted by Crippen LogP contribution is -1.82. The van der Waals surface area contributed by atoms with E-state index in [1.165, 1.54) is 16.3 Å². The van der Waals surface area contributed by atoms with E-state index in [1.807, 2.05) is 12.9 Å². The van der Waals surface area contributed by atoms with Gasteiger partial charge in [0, 0.05) is 0 Å². The van der Waals surface area contributed by atoms with Crippen LogP contribution in [0.5, 0.6) is 5.75 Å². The summed E-state index contributed by atoms with van der Waals surface area (Å²) in [4.78, 5) is 8.00. The van der Waals surface area contributed by atoms with Crippen LogP contribution in [0.15, 0.2) is 49.6 Å². The van der Waals surface area contributed by atoms with Gasteiger partial charge in [0.1, 0.15) is 12.5 Å². The highest BCUT2D eigenvalue weighted by Crippen LogP contribution is 2.21. The van der Waals surface area contributed by atoms with Gasteiger partial charge in [0.15, 0.2) is 0 Å². The van der Waals surface area contributed by atoms with Crippen LogP contribution in [-0.4, -0.2) is 13.9 Å². The maximum absolute atomic E-state index is 8.00. The van der Waals surface area contributed by atoms with E-state index < -0.39 is 0 Å². The molecule has 0 aromatic heterocycles. The third-order valence-corrected chi connectivity index (χ3v) is 2.20. The molecule has 2 rings (SSSR count). The highest BCUT2D eigenvalue weighted by atomic mass is 16.5. The molecule has 0 amide bonds. The molecule has 2 nitrogen and oxygen atoms in total. The number of carbonyl (C=O) groups excluding carboxylic acids is 1. The monoisotopic (exact) mass is 230 g/mol. The molecule has 0 saturated carbocycles. The average molecular weight is 230 g/mol. The first-order chi connectivity index (χ1) is 8.29. The Hall–Kier alpha value is -2.09. The Kier molecular flexibility index (Phi) is 7.11. The van der Waals surface area contributed by atoms with Crippen molar-refractivity contribution in [2.75, 3.05) is 7.11 Å². The normalized spacial score (nSPS) is 8.35. The quantitative estimate of drug-likeness (QED) is 0.697. The second kappa shape index (κ2) is 8.11. The lowest BCUT2D eigenvalue weighted by molar-refractivity contribution is -0.0979. The number of aryl methyl sites for hydroxylation is 1. The van der Waals surface area contributed by atoms with Crippen LogP contribution in [-0.2, 0) is 4.79 Å². The molecule has 0 fully saturated rings. The van der Waals surface area contributed by atoms with Crippen molar-refractivity contribution in [3.05, 3.63) is 55.1 Å². The van der Waals surface area contributed by atoms with Crippen LogP contribution >= 0.6 is 0 Å². The van der Waals surface area contributed by atoms with E-state index in [0.29, 0.717) is 0 Å². The van der Waals surface area contributed by atoms with Gasteiger partial charge in [-0.15, -0.1) is 13.2 Å². The van der Waals surface area contributed by atoms with Gasteiger partial charge in [-0.25, -0.2) is 0 Å². The standard InChI is InChI=1S/C12H12O.C2H4.CH2O/c1-9-3-4-10-5-6-12(13-2)8-11(10)7-9;2*1-2/h3-8H,1-2H3;1-2H2;1H2. The molecule has 0 bridgehead atoms. The second-order valence-corrected chi connectivity index (χ2v) is 3.22. The first-order valence-corrected chi connectivity index (χ1v) is 5.13. The van der Waals surface area contributed by atoms with E-state index >= 15 is 0 Å². The number of hydrogen-bond acceptors (Lipinski definition) is 2. The van der Waals surface area contributed by atoms with Gasteiger partial charge in [-0.1, -0.05) is 29.8 Å². The van der Waals surface area contributed by atoms with Crippen LogP contribution in [0, 0.1) is 6.92 Å². The lowest BCUT2D eigenvalue weighted by Gasteiger charge is -2.02. The predicted octanol–water partition coefficient (Wildman–Crippen LogP) is 3.77. The molecule has 0 aliphatic carbocycles. The topological polar surface area (TPSA) is 26.3 Å². The first kappa shape index (κ1) is 14.9. The van der Waals surface area contributed by atoms with Crippen molar-refractivity contribution in [1.82, 2.24) is 0 Å².